The molecule has 3 aromatic rings. The first kappa shape index (κ1) is 16.3. The van der Waals surface area contributed by atoms with E-state index in [1.54, 1.807) is 24.3 Å². The molecule has 0 saturated heterocycles. The topological polar surface area (TPSA) is 85.4 Å². The number of nitro groups is 1. The Morgan fingerprint density at radius 3 is 2.54 bits per heavy atom. The van der Waals surface area contributed by atoms with Crippen LogP contribution in [0.2, 0.25) is 10.0 Å². The van der Waals surface area contributed by atoms with Crippen molar-refractivity contribution < 1.29 is 14.8 Å². The third kappa shape index (κ3) is 2.81. The number of non-ortho nitro benzene ring substituents is 1. The average Bonchev–Trinajstić information content (AvgIpc) is 2.90. The molecule has 2 aromatic carbocycles. The van der Waals surface area contributed by atoms with E-state index in [-0.39, 0.29) is 23.4 Å². The summed E-state index contributed by atoms with van der Waals surface area (Å²) in [5, 5.41) is 21.9. The summed E-state index contributed by atoms with van der Waals surface area (Å²) in [5.74, 6) is -1.17. The highest BCUT2D eigenvalue weighted by atomic mass is 35.5. The summed E-state index contributed by atoms with van der Waals surface area (Å²) in [4.78, 5) is 22.3. The number of rotatable bonds is 4. The van der Waals surface area contributed by atoms with Crippen molar-refractivity contribution in [2.75, 3.05) is 0 Å². The summed E-state index contributed by atoms with van der Waals surface area (Å²) in [6.45, 7) is 0.118. The van der Waals surface area contributed by atoms with Crippen molar-refractivity contribution in [1.82, 2.24) is 4.57 Å². The van der Waals surface area contributed by atoms with Crippen molar-refractivity contribution in [3.05, 3.63) is 73.9 Å². The number of aromatic nitrogens is 1. The number of carbonyl (C=O) groups is 1. The Hall–Kier alpha value is -2.57. The quantitative estimate of drug-likeness (QED) is 0.541. The van der Waals surface area contributed by atoms with Crippen LogP contribution in [0.3, 0.4) is 0 Å². The van der Waals surface area contributed by atoms with Gasteiger partial charge in [-0.3, -0.25) is 10.1 Å². The molecule has 24 heavy (non-hydrogen) atoms. The third-order valence-corrected chi connectivity index (χ3v) is 4.38. The SMILES string of the molecule is O=C(O)c1cc2cccc([N+](=O)[O-])c2n1Cc1ccc(Cl)c(Cl)c1. The van der Waals surface area contributed by atoms with E-state index in [4.69, 9.17) is 23.2 Å². The van der Waals surface area contributed by atoms with Crippen molar-refractivity contribution in [1.29, 1.82) is 0 Å². The zero-order valence-corrected chi connectivity index (χ0v) is 13.6. The van der Waals surface area contributed by atoms with Crippen LogP contribution in [-0.2, 0) is 6.54 Å². The Morgan fingerprint density at radius 1 is 1.17 bits per heavy atom. The maximum atomic E-state index is 11.5. The summed E-state index contributed by atoms with van der Waals surface area (Å²) < 4.78 is 1.40. The van der Waals surface area contributed by atoms with E-state index in [1.165, 1.54) is 22.8 Å². The number of hydrogen-bond acceptors (Lipinski definition) is 3. The molecule has 1 aromatic heterocycles. The monoisotopic (exact) mass is 364 g/mol. The second kappa shape index (κ2) is 6.14. The highest BCUT2D eigenvalue weighted by molar-refractivity contribution is 6.42. The Kier molecular flexibility index (Phi) is 4.17. The highest BCUT2D eigenvalue weighted by Gasteiger charge is 2.22. The van der Waals surface area contributed by atoms with E-state index < -0.39 is 10.9 Å². The number of hydrogen-bond donors (Lipinski definition) is 1. The van der Waals surface area contributed by atoms with E-state index in [0.29, 0.717) is 21.0 Å². The third-order valence-electron chi connectivity index (χ3n) is 3.64. The Labute approximate surface area is 146 Å². The summed E-state index contributed by atoms with van der Waals surface area (Å²) in [6.07, 6.45) is 0. The smallest absolute Gasteiger partial charge is 0.352 e. The van der Waals surface area contributed by atoms with Gasteiger partial charge in [0, 0.05) is 18.0 Å². The summed E-state index contributed by atoms with van der Waals surface area (Å²) >= 11 is 11.9. The first-order valence-corrected chi connectivity index (χ1v) is 7.58. The minimum atomic E-state index is -1.17. The van der Waals surface area contributed by atoms with Crippen LogP contribution in [0, 0.1) is 10.1 Å². The number of halogens is 2. The van der Waals surface area contributed by atoms with Crippen LogP contribution in [-0.4, -0.2) is 20.6 Å². The fraction of sp³-hybridized carbons (Fsp3) is 0.0625. The second-order valence-corrected chi connectivity index (χ2v) is 5.96. The van der Waals surface area contributed by atoms with Crippen molar-refractivity contribution in [2.45, 2.75) is 6.54 Å². The Balaban J connectivity index is 2.24. The molecule has 8 heteroatoms. The molecule has 122 valence electrons. The van der Waals surface area contributed by atoms with Gasteiger partial charge in [-0.05, 0) is 23.8 Å². The van der Waals surface area contributed by atoms with Gasteiger partial charge in [-0.1, -0.05) is 41.4 Å². The lowest BCUT2D eigenvalue weighted by Crippen LogP contribution is -2.10. The maximum Gasteiger partial charge on any atom is 0.352 e. The molecule has 0 spiro atoms. The first-order valence-electron chi connectivity index (χ1n) is 6.82. The molecule has 0 atom stereocenters. The molecule has 0 radical (unpaired) electrons. The number of aromatic carboxylic acids is 1. The molecule has 0 aliphatic rings. The molecule has 0 saturated carbocycles. The minimum absolute atomic E-state index is 0.0367. The minimum Gasteiger partial charge on any atom is -0.477 e. The largest absolute Gasteiger partial charge is 0.477 e. The fourth-order valence-corrected chi connectivity index (χ4v) is 2.93. The zero-order chi connectivity index (χ0) is 17.4. The van der Waals surface area contributed by atoms with Gasteiger partial charge in [0.05, 0.1) is 15.0 Å². The zero-order valence-electron chi connectivity index (χ0n) is 12.1. The van der Waals surface area contributed by atoms with Crippen molar-refractivity contribution >= 4 is 45.8 Å². The van der Waals surface area contributed by atoms with Crippen molar-refractivity contribution in [3.8, 4) is 0 Å². The number of carboxylic acids is 1. The van der Waals surface area contributed by atoms with E-state index >= 15 is 0 Å². The molecule has 0 amide bonds. The number of carboxylic acid groups (broad SMARTS) is 1. The molecule has 0 aliphatic heterocycles. The standard InChI is InChI=1S/C16H10Cl2N2O4/c17-11-5-4-9(6-12(11)18)8-19-14(16(21)22)7-10-2-1-3-13(15(10)19)20(23)24/h1-7H,8H2,(H,21,22). The molecule has 1 heterocycles. The average molecular weight is 365 g/mol. The molecular formula is C16H10Cl2N2O4. The number of benzene rings is 2. The van der Waals surface area contributed by atoms with Crippen LogP contribution in [0.1, 0.15) is 16.1 Å². The summed E-state index contributed by atoms with van der Waals surface area (Å²) in [6, 6.07) is 10.8. The number of para-hydroxylation sites is 1. The van der Waals surface area contributed by atoms with Gasteiger partial charge in [-0.2, -0.15) is 0 Å². The van der Waals surface area contributed by atoms with Gasteiger partial charge in [0.2, 0.25) is 0 Å². The Bertz CT molecular complexity index is 982. The van der Waals surface area contributed by atoms with Gasteiger partial charge in [-0.25, -0.2) is 4.79 Å². The highest BCUT2D eigenvalue weighted by Crippen LogP contribution is 2.30. The molecule has 1 N–H and O–H groups in total. The predicted molar refractivity (Wildman–Crippen MR) is 91.1 cm³/mol. The van der Waals surface area contributed by atoms with E-state index in [0.717, 1.165) is 0 Å². The first-order chi connectivity index (χ1) is 11.4. The van der Waals surface area contributed by atoms with Crippen LogP contribution >= 0.6 is 23.2 Å². The van der Waals surface area contributed by atoms with Crippen LogP contribution in [0.25, 0.3) is 10.9 Å². The molecule has 3 rings (SSSR count). The van der Waals surface area contributed by atoms with Crippen molar-refractivity contribution in [2.24, 2.45) is 0 Å². The molecule has 0 unspecified atom stereocenters. The van der Waals surface area contributed by atoms with E-state index in [9.17, 15) is 20.0 Å². The lowest BCUT2D eigenvalue weighted by molar-refractivity contribution is -0.383. The molecule has 0 bridgehead atoms. The second-order valence-electron chi connectivity index (χ2n) is 5.14. The maximum absolute atomic E-state index is 11.5. The summed E-state index contributed by atoms with van der Waals surface area (Å²) in [7, 11) is 0. The number of fused-ring (bicyclic) bond motifs is 1. The molecule has 0 aliphatic carbocycles. The predicted octanol–water partition coefficient (Wildman–Crippen LogP) is 4.60. The van der Waals surface area contributed by atoms with Gasteiger partial charge in [-0.15, -0.1) is 0 Å². The van der Waals surface area contributed by atoms with Gasteiger partial charge in [0.25, 0.3) is 5.69 Å². The van der Waals surface area contributed by atoms with Gasteiger partial charge in [0.1, 0.15) is 11.2 Å². The van der Waals surface area contributed by atoms with Gasteiger partial charge >= 0.3 is 5.97 Å². The molecule has 0 fully saturated rings. The number of nitrogens with zero attached hydrogens (tertiary/aromatic N) is 2. The number of nitro benzene ring substituents is 1. The van der Waals surface area contributed by atoms with Crippen LogP contribution < -0.4 is 0 Å². The van der Waals surface area contributed by atoms with Crippen LogP contribution in [0.5, 0.6) is 0 Å². The molecular weight excluding hydrogens is 355 g/mol. The van der Waals surface area contributed by atoms with E-state index in [1.807, 2.05) is 0 Å². The molecule has 6 nitrogen and oxygen atoms in total. The van der Waals surface area contributed by atoms with Crippen LogP contribution in [0.4, 0.5) is 5.69 Å². The summed E-state index contributed by atoms with van der Waals surface area (Å²) in [5.41, 5.74) is 0.749. The van der Waals surface area contributed by atoms with Crippen molar-refractivity contribution in [3.63, 3.8) is 0 Å². The lowest BCUT2D eigenvalue weighted by atomic mass is 10.2. The van der Waals surface area contributed by atoms with Gasteiger partial charge in [0.15, 0.2) is 0 Å². The van der Waals surface area contributed by atoms with E-state index in [2.05, 4.69) is 0 Å². The normalized spacial score (nSPS) is 10.9. The van der Waals surface area contributed by atoms with Crippen LogP contribution in [0.15, 0.2) is 42.5 Å². The fourth-order valence-electron chi connectivity index (χ4n) is 2.61. The Morgan fingerprint density at radius 2 is 1.92 bits per heavy atom. The lowest BCUT2D eigenvalue weighted by Gasteiger charge is -2.10. The van der Waals surface area contributed by atoms with Gasteiger partial charge < -0.3 is 9.67 Å².